The molecule has 2 aromatic rings. The fraction of sp³-hybridized carbons (Fsp3) is 0.458. The van der Waals surface area contributed by atoms with Crippen molar-refractivity contribution in [3.63, 3.8) is 0 Å². The lowest BCUT2D eigenvalue weighted by Gasteiger charge is -2.37. The number of likely N-dealkylation sites (tertiary alicyclic amines) is 1. The molecule has 2 fully saturated rings. The van der Waals surface area contributed by atoms with Gasteiger partial charge in [-0.25, -0.2) is 9.18 Å². The average molecular weight is 494 g/mol. The van der Waals surface area contributed by atoms with Gasteiger partial charge in [0.15, 0.2) is 5.78 Å². The van der Waals surface area contributed by atoms with Crippen molar-refractivity contribution in [1.29, 1.82) is 0 Å². The number of halogens is 2. The highest BCUT2D eigenvalue weighted by Crippen LogP contribution is 2.39. The molecule has 9 heteroatoms. The van der Waals surface area contributed by atoms with E-state index >= 15 is 0 Å². The summed E-state index contributed by atoms with van der Waals surface area (Å²) < 4.78 is 16.1. The number of carbonyl (C=O) groups is 2. The number of piperidine rings is 1. The average Bonchev–Trinajstić information content (AvgIpc) is 3.52. The van der Waals surface area contributed by atoms with Gasteiger partial charge in [-0.15, -0.1) is 12.4 Å². The van der Waals surface area contributed by atoms with Gasteiger partial charge in [-0.1, -0.05) is 31.2 Å². The van der Waals surface area contributed by atoms with Crippen LogP contribution >= 0.6 is 25.0 Å². The number of hydrogen-bond acceptors (Lipinski definition) is 5. The van der Waals surface area contributed by atoms with Crippen LogP contribution in [0.5, 0.6) is 0 Å². The molecular formula is C24H29ClFN3O3S. The van der Waals surface area contributed by atoms with E-state index < -0.39 is 18.1 Å². The van der Waals surface area contributed by atoms with Crippen molar-refractivity contribution in [1.82, 2.24) is 14.7 Å². The van der Waals surface area contributed by atoms with Gasteiger partial charge < -0.3 is 5.11 Å². The Balaban J connectivity index is 0.00000306. The number of aliphatic carboxylic acids is 1. The second-order valence-corrected chi connectivity index (χ2v) is 9.23. The molecular weight excluding hydrogens is 465 g/mol. The third-order valence-electron chi connectivity index (χ3n) is 6.28. The minimum atomic E-state index is -0.919. The minimum absolute atomic E-state index is 0. The number of Topliss-reactive ketones (excluding diaryl/α,β-unsaturated/α-hetero) is 1. The highest BCUT2D eigenvalue weighted by Gasteiger charge is 2.40. The van der Waals surface area contributed by atoms with Crippen molar-refractivity contribution >= 4 is 42.9 Å². The summed E-state index contributed by atoms with van der Waals surface area (Å²) in [4.78, 5) is 26.6. The quantitative estimate of drug-likeness (QED) is 0.526. The summed E-state index contributed by atoms with van der Waals surface area (Å²) >= 11 is 4.73. The highest BCUT2D eigenvalue weighted by molar-refractivity contribution is 7.81. The van der Waals surface area contributed by atoms with Gasteiger partial charge in [0, 0.05) is 41.6 Å². The zero-order chi connectivity index (χ0) is 22.8. The third-order valence-corrected chi connectivity index (χ3v) is 6.87. The molecule has 1 saturated carbocycles. The van der Waals surface area contributed by atoms with E-state index in [1.165, 1.54) is 10.7 Å². The number of benzene rings is 1. The maximum atomic E-state index is 14.7. The van der Waals surface area contributed by atoms with Crippen molar-refractivity contribution in [2.24, 2.45) is 5.92 Å². The third kappa shape index (κ3) is 5.67. The monoisotopic (exact) mass is 493 g/mol. The van der Waals surface area contributed by atoms with Crippen LogP contribution in [-0.2, 0) is 9.59 Å². The standard InChI is InChI=1S/C24H28FN3O3S.ClH/c1-2-20(24(30)31)28-13-15(12-26-28)11-17-14-27(10-9-21(17)32)22(23(29)16-7-8-16)18-5-3-4-6-19(18)25;/h3-6,11-13,16,20-22,32H,2,7-10,14H2,1H3,(H,30,31);1H. The lowest BCUT2D eigenvalue weighted by atomic mass is 9.93. The first-order chi connectivity index (χ1) is 15.4. The van der Waals surface area contributed by atoms with Crippen LogP contribution < -0.4 is 0 Å². The molecule has 33 heavy (non-hydrogen) atoms. The zero-order valence-corrected chi connectivity index (χ0v) is 20.1. The van der Waals surface area contributed by atoms with Crippen molar-refractivity contribution < 1.29 is 19.1 Å². The van der Waals surface area contributed by atoms with Crippen LogP contribution in [0.4, 0.5) is 4.39 Å². The SMILES string of the molecule is CCC(C(=O)O)n1cc(C=C2CN(C(C(=O)C3CC3)c3ccccc3F)CCC2S)cn1.Cl. The molecule has 6 nitrogen and oxygen atoms in total. The Morgan fingerprint density at radius 3 is 2.67 bits per heavy atom. The number of rotatable bonds is 8. The first-order valence-electron chi connectivity index (χ1n) is 11.1. The van der Waals surface area contributed by atoms with E-state index in [2.05, 4.69) is 5.10 Å². The topological polar surface area (TPSA) is 75.4 Å². The maximum Gasteiger partial charge on any atom is 0.328 e. The van der Waals surface area contributed by atoms with E-state index in [1.807, 2.05) is 11.0 Å². The van der Waals surface area contributed by atoms with Gasteiger partial charge in [0.05, 0.1) is 12.2 Å². The lowest BCUT2D eigenvalue weighted by Crippen LogP contribution is -2.42. The predicted molar refractivity (Wildman–Crippen MR) is 130 cm³/mol. The van der Waals surface area contributed by atoms with E-state index in [0.717, 1.165) is 30.4 Å². The molecule has 0 bridgehead atoms. The molecule has 1 saturated heterocycles. The molecule has 1 aromatic carbocycles. The number of carbonyl (C=O) groups excluding carboxylic acids is 1. The molecule has 1 aliphatic carbocycles. The second-order valence-electron chi connectivity index (χ2n) is 8.61. The van der Waals surface area contributed by atoms with Crippen LogP contribution in [0.25, 0.3) is 6.08 Å². The number of thiol groups is 1. The number of hydrogen-bond donors (Lipinski definition) is 2. The smallest absolute Gasteiger partial charge is 0.328 e. The van der Waals surface area contributed by atoms with Gasteiger partial charge in [-0.05, 0) is 37.3 Å². The first kappa shape index (κ1) is 25.5. The molecule has 1 aliphatic heterocycles. The molecule has 0 spiro atoms. The van der Waals surface area contributed by atoms with Gasteiger partial charge in [0.2, 0.25) is 0 Å². The molecule has 3 atom stereocenters. The molecule has 1 N–H and O–H groups in total. The normalized spacial score (nSPS) is 21.9. The number of ketones is 1. The van der Waals surface area contributed by atoms with Gasteiger partial charge in [0.25, 0.3) is 0 Å². The first-order valence-corrected chi connectivity index (χ1v) is 11.6. The van der Waals surface area contributed by atoms with Crippen molar-refractivity contribution in [3.05, 3.63) is 59.2 Å². The van der Waals surface area contributed by atoms with E-state index in [-0.39, 0.29) is 35.2 Å². The fourth-order valence-electron chi connectivity index (χ4n) is 4.36. The van der Waals surface area contributed by atoms with Crippen LogP contribution in [0.3, 0.4) is 0 Å². The van der Waals surface area contributed by atoms with Crippen molar-refractivity contribution in [2.45, 2.75) is 49.9 Å². The van der Waals surface area contributed by atoms with Crippen molar-refractivity contribution in [2.75, 3.05) is 13.1 Å². The molecule has 178 valence electrons. The van der Waals surface area contributed by atoms with E-state index in [4.69, 9.17) is 12.6 Å². The Morgan fingerprint density at radius 2 is 2.03 bits per heavy atom. The Morgan fingerprint density at radius 1 is 1.30 bits per heavy atom. The minimum Gasteiger partial charge on any atom is -0.480 e. The molecule has 4 rings (SSSR count). The predicted octanol–water partition coefficient (Wildman–Crippen LogP) is 4.59. The van der Waals surface area contributed by atoms with Gasteiger partial charge in [0.1, 0.15) is 11.9 Å². The van der Waals surface area contributed by atoms with Gasteiger partial charge in [-0.2, -0.15) is 17.7 Å². The molecule has 0 radical (unpaired) electrons. The summed E-state index contributed by atoms with van der Waals surface area (Å²) in [5.74, 6) is -1.17. The largest absolute Gasteiger partial charge is 0.480 e. The van der Waals surface area contributed by atoms with E-state index in [9.17, 15) is 19.1 Å². The van der Waals surface area contributed by atoms with Gasteiger partial charge >= 0.3 is 5.97 Å². The van der Waals surface area contributed by atoms with E-state index in [1.54, 1.807) is 37.5 Å². The lowest BCUT2D eigenvalue weighted by molar-refractivity contribution is -0.141. The molecule has 1 aromatic heterocycles. The Bertz CT molecular complexity index is 1040. The van der Waals surface area contributed by atoms with Crippen LogP contribution in [0.2, 0.25) is 0 Å². The number of carboxylic acid groups (broad SMARTS) is 1. The Labute approximate surface area is 204 Å². The molecule has 2 heterocycles. The zero-order valence-electron chi connectivity index (χ0n) is 18.4. The maximum absolute atomic E-state index is 14.7. The van der Waals surface area contributed by atoms with Crippen LogP contribution in [-0.4, -0.2) is 49.9 Å². The number of carboxylic acids is 1. The Hall–Kier alpha value is -2.16. The van der Waals surface area contributed by atoms with Crippen molar-refractivity contribution in [3.8, 4) is 0 Å². The summed E-state index contributed by atoms with van der Waals surface area (Å²) in [6, 6.07) is 5.21. The number of nitrogens with zero attached hydrogens (tertiary/aromatic N) is 3. The second kappa shape index (κ2) is 10.8. The summed E-state index contributed by atoms with van der Waals surface area (Å²) in [6.45, 7) is 2.95. The summed E-state index contributed by atoms with van der Waals surface area (Å²) in [5.41, 5.74) is 2.23. The number of aromatic nitrogens is 2. The highest BCUT2D eigenvalue weighted by atomic mass is 35.5. The summed E-state index contributed by atoms with van der Waals surface area (Å²) in [7, 11) is 0. The van der Waals surface area contributed by atoms with Gasteiger partial charge in [-0.3, -0.25) is 14.4 Å². The van der Waals surface area contributed by atoms with Crippen LogP contribution in [0.15, 0.2) is 42.2 Å². The summed E-state index contributed by atoms with van der Waals surface area (Å²) in [6.07, 6.45) is 8.23. The fourth-order valence-corrected chi connectivity index (χ4v) is 4.63. The van der Waals surface area contributed by atoms with E-state index in [0.29, 0.717) is 25.1 Å². The summed E-state index contributed by atoms with van der Waals surface area (Å²) in [5, 5.41) is 13.6. The van der Waals surface area contributed by atoms with Crippen LogP contribution in [0.1, 0.15) is 55.8 Å². The molecule has 3 unspecified atom stereocenters. The molecule has 0 amide bonds. The van der Waals surface area contributed by atoms with Crippen LogP contribution in [0, 0.1) is 11.7 Å². The Kier molecular flexibility index (Phi) is 8.37. The molecule has 2 aliphatic rings.